The number of nitrogens with one attached hydrogen (secondary N) is 1. The van der Waals surface area contributed by atoms with Crippen LogP contribution >= 0.6 is 0 Å². The van der Waals surface area contributed by atoms with Crippen LogP contribution in [0.4, 0.5) is 11.5 Å². The Morgan fingerprint density at radius 1 is 1.10 bits per heavy atom. The van der Waals surface area contributed by atoms with Gasteiger partial charge in [0.2, 0.25) is 0 Å². The molecule has 1 aliphatic carbocycles. The third-order valence-corrected chi connectivity index (χ3v) is 6.61. The smallest absolute Gasteiger partial charge is 0.136 e. The molecule has 3 aromatic rings. The number of hydrogen-bond donors (Lipinski definition) is 2. The van der Waals surface area contributed by atoms with Gasteiger partial charge in [-0.15, -0.1) is 0 Å². The highest BCUT2D eigenvalue weighted by molar-refractivity contribution is 5.92. The van der Waals surface area contributed by atoms with Crippen LogP contribution in [0, 0.1) is 0 Å². The molecule has 3 N–H and O–H groups in total. The van der Waals surface area contributed by atoms with Crippen LogP contribution in [0.3, 0.4) is 0 Å². The van der Waals surface area contributed by atoms with Gasteiger partial charge < -0.3 is 20.7 Å². The molecule has 2 fully saturated rings. The number of benzene rings is 1. The topological polar surface area (TPSA) is 76.3 Å². The number of anilines is 2. The molecule has 6 nitrogen and oxygen atoms in total. The fraction of sp³-hybridized carbons (Fsp3) is 0.440. The number of ether oxygens (including phenoxy) is 1. The molecule has 0 amide bonds. The summed E-state index contributed by atoms with van der Waals surface area (Å²) in [5.74, 6) is 0.920. The number of rotatable bonds is 4. The fourth-order valence-electron chi connectivity index (χ4n) is 4.61. The van der Waals surface area contributed by atoms with Crippen LogP contribution in [0.1, 0.15) is 32.6 Å². The second-order valence-corrected chi connectivity index (χ2v) is 9.15. The number of hydrogen-bond acceptors (Lipinski definition) is 6. The summed E-state index contributed by atoms with van der Waals surface area (Å²) in [6.45, 7) is 5.61. The van der Waals surface area contributed by atoms with Gasteiger partial charge in [-0.3, -0.25) is 4.98 Å². The van der Waals surface area contributed by atoms with Gasteiger partial charge in [0.1, 0.15) is 5.82 Å². The summed E-state index contributed by atoms with van der Waals surface area (Å²) in [7, 11) is 0. The van der Waals surface area contributed by atoms with Crippen molar-refractivity contribution in [2.45, 2.75) is 44.2 Å². The first-order chi connectivity index (χ1) is 15.1. The summed E-state index contributed by atoms with van der Waals surface area (Å²) < 4.78 is 5.47. The number of pyridine rings is 2. The molecule has 31 heavy (non-hydrogen) atoms. The van der Waals surface area contributed by atoms with E-state index < -0.39 is 0 Å². The maximum atomic E-state index is 6.33. The predicted molar refractivity (Wildman–Crippen MR) is 126 cm³/mol. The van der Waals surface area contributed by atoms with Crippen LogP contribution in [0.25, 0.3) is 22.2 Å². The molecular weight excluding hydrogens is 386 g/mol. The van der Waals surface area contributed by atoms with Gasteiger partial charge >= 0.3 is 0 Å². The SMILES string of the molecule is CC1(N)CCC(Nc2nc(-c3ccc(N4CCOCC4)cc3)cc3ncccc23)CC1. The minimum atomic E-state index is -0.0424. The van der Waals surface area contributed by atoms with E-state index in [1.54, 1.807) is 0 Å². The minimum absolute atomic E-state index is 0.0424. The van der Waals surface area contributed by atoms with Crippen molar-refractivity contribution in [1.82, 2.24) is 9.97 Å². The van der Waals surface area contributed by atoms with Crippen molar-refractivity contribution in [3.8, 4) is 11.3 Å². The molecule has 0 radical (unpaired) electrons. The number of morpholine rings is 1. The van der Waals surface area contributed by atoms with Crippen LogP contribution in [0.2, 0.25) is 0 Å². The quantitative estimate of drug-likeness (QED) is 0.662. The van der Waals surface area contributed by atoms with Gasteiger partial charge in [0.25, 0.3) is 0 Å². The normalized spacial score (nSPS) is 24.3. The summed E-state index contributed by atoms with van der Waals surface area (Å²) in [5.41, 5.74) is 10.5. The average Bonchev–Trinajstić information content (AvgIpc) is 2.81. The Kier molecular flexibility index (Phi) is 5.50. The third kappa shape index (κ3) is 4.50. The van der Waals surface area contributed by atoms with E-state index in [0.29, 0.717) is 6.04 Å². The molecule has 1 saturated carbocycles. The van der Waals surface area contributed by atoms with E-state index in [9.17, 15) is 0 Å². The van der Waals surface area contributed by atoms with E-state index in [1.165, 1.54) is 5.69 Å². The molecule has 5 rings (SSSR count). The van der Waals surface area contributed by atoms with Gasteiger partial charge in [-0.2, -0.15) is 0 Å². The highest BCUT2D eigenvalue weighted by atomic mass is 16.5. The highest BCUT2D eigenvalue weighted by Gasteiger charge is 2.27. The van der Waals surface area contributed by atoms with Gasteiger partial charge in [-0.25, -0.2) is 4.98 Å². The summed E-state index contributed by atoms with van der Waals surface area (Å²) >= 11 is 0. The molecule has 2 aliphatic rings. The van der Waals surface area contributed by atoms with Gasteiger partial charge in [-0.05, 0) is 62.9 Å². The van der Waals surface area contributed by atoms with Crippen molar-refractivity contribution in [2.24, 2.45) is 5.73 Å². The highest BCUT2D eigenvalue weighted by Crippen LogP contribution is 2.32. The molecule has 0 bridgehead atoms. The zero-order valence-electron chi connectivity index (χ0n) is 18.2. The van der Waals surface area contributed by atoms with Crippen molar-refractivity contribution in [3.05, 3.63) is 48.7 Å². The second-order valence-electron chi connectivity index (χ2n) is 9.15. The van der Waals surface area contributed by atoms with Crippen LogP contribution < -0.4 is 16.0 Å². The average molecular weight is 418 g/mol. The predicted octanol–water partition coefficient (Wildman–Crippen LogP) is 4.21. The molecule has 2 aromatic heterocycles. The van der Waals surface area contributed by atoms with Crippen molar-refractivity contribution in [3.63, 3.8) is 0 Å². The lowest BCUT2D eigenvalue weighted by atomic mass is 9.81. The minimum Gasteiger partial charge on any atom is -0.378 e. The zero-order chi connectivity index (χ0) is 21.3. The zero-order valence-corrected chi connectivity index (χ0v) is 18.2. The van der Waals surface area contributed by atoms with E-state index in [4.69, 9.17) is 15.5 Å². The molecule has 0 atom stereocenters. The molecule has 1 aromatic carbocycles. The molecule has 162 valence electrons. The first kappa shape index (κ1) is 20.2. The number of aromatic nitrogens is 2. The van der Waals surface area contributed by atoms with Gasteiger partial charge in [0, 0.05) is 47.5 Å². The maximum absolute atomic E-state index is 6.33. The Morgan fingerprint density at radius 2 is 1.84 bits per heavy atom. The molecular formula is C25H31N5O. The lowest BCUT2D eigenvalue weighted by Crippen LogP contribution is -2.43. The van der Waals surface area contributed by atoms with Crippen molar-refractivity contribution in [1.29, 1.82) is 0 Å². The number of fused-ring (bicyclic) bond motifs is 1. The van der Waals surface area contributed by atoms with E-state index in [1.807, 2.05) is 12.3 Å². The van der Waals surface area contributed by atoms with Crippen LogP contribution in [0.15, 0.2) is 48.7 Å². The summed E-state index contributed by atoms with van der Waals surface area (Å²) in [6.07, 6.45) is 6.04. The second kappa shape index (κ2) is 8.44. The molecule has 1 aliphatic heterocycles. The van der Waals surface area contributed by atoms with E-state index in [0.717, 1.165) is 80.0 Å². The Hall–Kier alpha value is -2.70. The Morgan fingerprint density at radius 3 is 2.58 bits per heavy atom. The van der Waals surface area contributed by atoms with E-state index in [-0.39, 0.29) is 5.54 Å². The molecule has 6 heteroatoms. The first-order valence-corrected chi connectivity index (χ1v) is 11.3. The first-order valence-electron chi connectivity index (χ1n) is 11.3. The van der Waals surface area contributed by atoms with Crippen molar-refractivity contribution in [2.75, 3.05) is 36.5 Å². The monoisotopic (exact) mass is 417 g/mol. The molecule has 0 spiro atoms. The fourth-order valence-corrected chi connectivity index (χ4v) is 4.61. The van der Waals surface area contributed by atoms with Crippen LogP contribution in [-0.4, -0.2) is 47.9 Å². The number of nitrogens with zero attached hydrogens (tertiary/aromatic N) is 3. The van der Waals surface area contributed by atoms with Crippen LogP contribution in [-0.2, 0) is 4.74 Å². The summed E-state index contributed by atoms with van der Waals surface area (Å²) in [6, 6.07) is 15.2. The van der Waals surface area contributed by atoms with Gasteiger partial charge in [0.05, 0.1) is 24.4 Å². The summed E-state index contributed by atoms with van der Waals surface area (Å²) in [5, 5.41) is 4.77. The Bertz CT molecular complexity index is 1030. The maximum Gasteiger partial charge on any atom is 0.136 e. The summed E-state index contributed by atoms with van der Waals surface area (Å²) in [4.78, 5) is 12.0. The largest absolute Gasteiger partial charge is 0.378 e. The molecule has 1 saturated heterocycles. The van der Waals surface area contributed by atoms with Crippen molar-refractivity contribution < 1.29 is 4.74 Å². The Balaban J connectivity index is 1.43. The lowest BCUT2D eigenvalue weighted by Gasteiger charge is -2.34. The Labute approximate surface area is 183 Å². The lowest BCUT2D eigenvalue weighted by molar-refractivity contribution is 0.122. The molecule has 0 unspecified atom stereocenters. The third-order valence-electron chi connectivity index (χ3n) is 6.61. The van der Waals surface area contributed by atoms with E-state index >= 15 is 0 Å². The van der Waals surface area contributed by atoms with Gasteiger partial charge in [0.15, 0.2) is 0 Å². The van der Waals surface area contributed by atoms with Crippen LogP contribution in [0.5, 0.6) is 0 Å². The van der Waals surface area contributed by atoms with Crippen molar-refractivity contribution >= 4 is 22.4 Å². The standard InChI is InChI=1S/C25H31N5O/c1-25(26)10-8-19(9-11-25)28-24-21-3-2-12-27-23(21)17-22(29-24)18-4-6-20(7-5-18)30-13-15-31-16-14-30/h2-7,12,17,19H,8-11,13-16,26H2,1H3,(H,28,29). The van der Waals surface area contributed by atoms with Gasteiger partial charge in [-0.1, -0.05) is 12.1 Å². The van der Waals surface area contributed by atoms with E-state index in [2.05, 4.69) is 58.5 Å². The molecule has 3 heterocycles. The number of nitrogens with two attached hydrogens (primary N) is 1.